The summed E-state index contributed by atoms with van der Waals surface area (Å²) in [6.07, 6.45) is 8.59. The number of rotatable bonds is 4. The van der Waals surface area contributed by atoms with Gasteiger partial charge in [-0.25, -0.2) is 4.98 Å². The minimum Gasteiger partial charge on any atom is -0.302 e. The predicted octanol–water partition coefficient (Wildman–Crippen LogP) is 3.17. The van der Waals surface area contributed by atoms with Crippen LogP contribution >= 0.6 is 11.3 Å². The van der Waals surface area contributed by atoms with Gasteiger partial charge in [0.1, 0.15) is 0 Å². The zero-order chi connectivity index (χ0) is 13.0. The highest BCUT2D eigenvalue weighted by molar-refractivity contribution is 7.17. The van der Waals surface area contributed by atoms with Crippen LogP contribution in [0.15, 0.2) is 17.8 Å². The van der Waals surface area contributed by atoms with Crippen molar-refractivity contribution in [3.05, 3.63) is 22.7 Å². The van der Waals surface area contributed by atoms with E-state index in [0.717, 1.165) is 12.8 Å². The first kappa shape index (κ1) is 13.0. The smallest absolute Gasteiger partial charge is 0.230 e. The predicted molar refractivity (Wildman–Crippen MR) is 71.9 cm³/mol. The zero-order valence-corrected chi connectivity index (χ0v) is 11.2. The Morgan fingerprint density at radius 3 is 2.89 bits per heavy atom. The second-order valence-corrected chi connectivity index (χ2v) is 5.45. The fraction of sp³-hybridized carbons (Fsp3) is 0.462. The number of carbonyl (C=O) groups excluding carboxylic acids is 2. The molecule has 0 bridgehead atoms. The number of allylic oxidation sites excluding steroid dienone is 1. The third kappa shape index (κ3) is 3.50. The van der Waals surface area contributed by atoms with Gasteiger partial charge in [-0.2, -0.15) is 0 Å². The van der Waals surface area contributed by atoms with Crippen LogP contribution < -0.4 is 5.32 Å². The molecule has 0 atom stereocenters. The fourth-order valence-electron chi connectivity index (χ4n) is 1.93. The molecule has 2 rings (SSSR count). The van der Waals surface area contributed by atoms with Crippen molar-refractivity contribution in [2.75, 3.05) is 5.32 Å². The van der Waals surface area contributed by atoms with Gasteiger partial charge in [-0.1, -0.05) is 23.0 Å². The van der Waals surface area contributed by atoms with Crippen LogP contribution in [0.1, 0.15) is 48.7 Å². The Morgan fingerprint density at radius 2 is 2.28 bits per heavy atom. The molecule has 5 heteroatoms. The van der Waals surface area contributed by atoms with Crippen LogP contribution in [0.4, 0.5) is 5.13 Å². The molecule has 1 aromatic rings. The van der Waals surface area contributed by atoms with Gasteiger partial charge >= 0.3 is 0 Å². The van der Waals surface area contributed by atoms with Gasteiger partial charge in [0, 0.05) is 13.3 Å². The Balaban J connectivity index is 1.90. The van der Waals surface area contributed by atoms with Crippen molar-refractivity contribution < 1.29 is 9.59 Å². The largest absolute Gasteiger partial charge is 0.302 e. The van der Waals surface area contributed by atoms with Crippen molar-refractivity contribution in [1.29, 1.82) is 0 Å². The Labute approximate surface area is 110 Å². The maximum atomic E-state index is 11.8. The molecule has 18 heavy (non-hydrogen) atoms. The van der Waals surface area contributed by atoms with Crippen LogP contribution in [-0.4, -0.2) is 16.7 Å². The maximum Gasteiger partial charge on any atom is 0.230 e. The van der Waals surface area contributed by atoms with Gasteiger partial charge in [-0.05, 0) is 25.7 Å². The summed E-state index contributed by atoms with van der Waals surface area (Å²) >= 11 is 1.22. The van der Waals surface area contributed by atoms with E-state index in [2.05, 4.69) is 16.4 Å². The van der Waals surface area contributed by atoms with E-state index in [9.17, 15) is 9.59 Å². The van der Waals surface area contributed by atoms with Gasteiger partial charge in [0.05, 0.1) is 11.1 Å². The summed E-state index contributed by atoms with van der Waals surface area (Å²) in [5.41, 5.74) is 1.21. The summed E-state index contributed by atoms with van der Waals surface area (Å²) in [7, 11) is 0. The maximum absolute atomic E-state index is 11.8. The lowest BCUT2D eigenvalue weighted by atomic mass is 9.97. The molecule has 1 aliphatic rings. The van der Waals surface area contributed by atoms with Crippen molar-refractivity contribution >= 4 is 28.2 Å². The van der Waals surface area contributed by atoms with Gasteiger partial charge < -0.3 is 5.32 Å². The Hall–Kier alpha value is -1.49. The van der Waals surface area contributed by atoms with Crippen molar-refractivity contribution in [3.8, 4) is 0 Å². The van der Waals surface area contributed by atoms with Crippen LogP contribution in [-0.2, 0) is 4.79 Å². The number of ketones is 1. The number of nitrogens with zero attached hydrogens (tertiary/aromatic N) is 1. The molecule has 96 valence electrons. The van der Waals surface area contributed by atoms with Crippen LogP contribution in [0, 0.1) is 0 Å². The van der Waals surface area contributed by atoms with E-state index >= 15 is 0 Å². The van der Waals surface area contributed by atoms with E-state index in [1.54, 1.807) is 0 Å². The van der Waals surface area contributed by atoms with Gasteiger partial charge in [-0.15, -0.1) is 0 Å². The molecule has 0 unspecified atom stereocenters. The molecule has 0 saturated heterocycles. The molecule has 1 amide bonds. The fourth-order valence-corrected chi connectivity index (χ4v) is 2.66. The molecular weight excluding hydrogens is 248 g/mol. The van der Waals surface area contributed by atoms with Gasteiger partial charge in [0.15, 0.2) is 10.9 Å². The molecule has 1 aliphatic carbocycles. The first-order chi connectivity index (χ1) is 8.65. The van der Waals surface area contributed by atoms with Gasteiger partial charge in [0.25, 0.3) is 0 Å². The van der Waals surface area contributed by atoms with Crippen molar-refractivity contribution in [1.82, 2.24) is 4.98 Å². The Bertz CT molecular complexity index is 491. The number of nitrogens with one attached hydrogen (secondary N) is 1. The molecule has 4 nitrogen and oxygen atoms in total. The van der Waals surface area contributed by atoms with Crippen LogP contribution in [0.2, 0.25) is 0 Å². The summed E-state index contributed by atoms with van der Waals surface area (Å²) in [5, 5.41) is 3.24. The lowest BCUT2D eigenvalue weighted by Gasteiger charge is -2.11. The quantitative estimate of drug-likeness (QED) is 0.671. The molecule has 0 saturated carbocycles. The second kappa shape index (κ2) is 5.91. The highest BCUT2D eigenvalue weighted by Gasteiger charge is 2.12. The summed E-state index contributed by atoms with van der Waals surface area (Å²) < 4.78 is 0. The number of anilines is 1. The first-order valence-electron chi connectivity index (χ1n) is 6.09. The Kier molecular flexibility index (Phi) is 4.25. The van der Waals surface area contributed by atoms with E-state index < -0.39 is 0 Å². The molecule has 0 radical (unpaired) electrons. The minimum atomic E-state index is -0.0485. The first-order valence-corrected chi connectivity index (χ1v) is 6.91. The number of Topliss-reactive ketones (excluding diaryl/α,β-unsaturated/α-hetero) is 1. The summed E-state index contributed by atoms with van der Waals surface area (Å²) in [4.78, 5) is 27.5. The number of amides is 1. The van der Waals surface area contributed by atoms with Crippen LogP contribution in [0.5, 0.6) is 0 Å². The second-order valence-electron chi connectivity index (χ2n) is 4.42. The molecule has 1 N–H and O–H groups in total. The number of thiazole rings is 1. The van der Waals surface area contributed by atoms with Crippen molar-refractivity contribution in [3.63, 3.8) is 0 Å². The molecule has 0 aliphatic heterocycles. The average molecular weight is 264 g/mol. The summed E-state index contributed by atoms with van der Waals surface area (Å²) in [5.74, 6) is -0.0735. The average Bonchev–Trinajstić information content (AvgIpc) is 2.78. The number of aromatic nitrogens is 1. The SMILES string of the molecule is CC(=O)c1cnc(NC(=O)CC2=CCCCC2)s1. The molecule has 0 spiro atoms. The highest BCUT2D eigenvalue weighted by Crippen LogP contribution is 2.22. The molecule has 0 aromatic carbocycles. The third-order valence-corrected chi connectivity index (χ3v) is 3.89. The van der Waals surface area contributed by atoms with E-state index in [0.29, 0.717) is 16.4 Å². The van der Waals surface area contributed by atoms with Crippen LogP contribution in [0.3, 0.4) is 0 Å². The zero-order valence-electron chi connectivity index (χ0n) is 10.4. The molecule has 1 aromatic heterocycles. The van der Waals surface area contributed by atoms with E-state index in [-0.39, 0.29) is 11.7 Å². The van der Waals surface area contributed by atoms with E-state index in [4.69, 9.17) is 0 Å². The van der Waals surface area contributed by atoms with Gasteiger partial charge in [0.2, 0.25) is 5.91 Å². The Morgan fingerprint density at radius 1 is 1.44 bits per heavy atom. The van der Waals surface area contributed by atoms with Crippen molar-refractivity contribution in [2.45, 2.75) is 39.0 Å². The summed E-state index contributed by atoms with van der Waals surface area (Å²) in [6, 6.07) is 0. The van der Waals surface area contributed by atoms with E-state index in [1.807, 2.05) is 0 Å². The molecular formula is C13H16N2O2S. The summed E-state index contributed by atoms with van der Waals surface area (Å²) in [6.45, 7) is 1.49. The standard InChI is InChI=1S/C13H16N2O2S/c1-9(16)11-8-14-13(18-11)15-12(17)7-10-5-3-2-4-6-10/h5,8H,2-4,6-7H2,1H3,(H,14,15,17). The topological polar surface area (TPSA) is 59.1 Å². The molecule has 0 fully saturated rings. The minimum absolute atomic E-state index is 0.0250. The molecule has 1 heterocycles. The number of carbonyl (C=O) groups is 2. The lowest BCUT2D eigenvalue weighted by Crippen LogP contribution is -2.12. The van der Waals surface area contributed by atoms with Crippen molar-refractivity contribution in [2.24, 2.45) is 0 Å². The highest BCUT2D eigenvalue weighted by atomic mass is 32.1. The monoisotopic (exact) mass is 264 g/mol. The normalized spacial score (nSPS) is 15.1. The third-order valence-electron chi connectivity index (χ3n) is 2.87. The van der Waals surface area contributed by atoms with Crippen LogP contribution in [0.25, 0.3) is 0 Å². The lowest BCUT2D eigenvalue weighted by molar-refractivity contribution is -0.115. The number of hydrogen-bond donors (Lipinski definition) is 1. The van der Waals surface area contributed by atoms with E-state index in [1.165, 1.54) is 42.9 Å². The van der Waals surface area contributed by atoms with Gasteiger partial charge in [-0.3, -0.25) is 9.59 Å². The number of hydrogen-bond acceptors (Lipinski definition) is 4.